The number of amides is 1. The van der Waals surface area contributed by atoms with Gasteiger partial charge in [-0.1, -0.05) is 0 Å². The monoisotopic (exact) mass is 554 g/mol. The van der Waals surface area contributed by atoms with E-state index in [1.807, 2.05) is 20.8 Å². The van der Waals surface area contributed by atoms with Crippen LogP contribution in [0.3, 0.4) is 0 Å². The number of hydrogen-bond acceptors (Lipinski definition) is 8. The van der Waals surface area contributed by atoms with E-state index in [1.165, 1.54) is 6.33 Å². The van der Waals surface area contributed by atoms with Crippen LogP contribution < -0.4 is 5.73 Å². The number of carbonyl (C=O) groups excluding carboxylic acids is 1. The lowest BCUT2D eigenvalue weighted by Crippen LogP contribution is -2.70. The molecule has 0 saturated carbocycles. The van der Waals surface area contributed by atoms with E-state index >= 15 is 0 Å². The number of nitrogens with two attached hydrogens (primary N) is 1. The lowest BCUT2D eigenvalue weighted by molar-refractivity contribution is -0.0624. The van der Waals surface area contributed by atoms with Crippen LogP contribution in [0, 0.1) is 3.70 Å². The molecule has 3 saturated heterocycles. The van der Waals surface area contributed by atoms with E-state index in [9.17, 15) is 4.79 Å². The van der Waals surface area contributed by atoms with Crippen LogP contribution in [0.15, 0.2) is 6.33 Å². The quantitative estimate of drug-likeness (QED) is 0.575. The predicted molar refractivity (Wildman–Crippen MR) is 129 cm³/mol. The summed E-state index contributed by atoms with van der Waals surface area (Å²) in [5.41, 5.74) is 6.45. The topological polar surface area (TPSA) is 106 Å². The molecule has 0 unspecified atom stereocenters. The molecule has 2 aromatic heterocycles. The molecule has 5 heterocycles. The maximum absolute atomic E-state index is 12.1. The van der Waals surface area contributed by atoms with Crippen LogP contribution in [-0.2, 0) is 4.74 Å². The maximum Gasteiger partial charge on any atom is 0.410 e. The zero-order chi connectivity index (χ0) is 22.6. The van der Waals surface area contributed by atoms with Crippen LogP contribution in [0.2, 0.25) is 0 Å². The first-order valence-corrected chi connectivity index (χ1v) is 12.4. The van der Waals surface area contributed by atoms with Crippen molar-refractivity contribution in [1.82, 2.24) is 34.4 Å². The van der Waals surface area contributed by atoms with Crippen LogP contribution in [0.25, 0.3) is 11.0 Å². The molecule has 10 nitrogen and oxygen atoms in total. The van der Waals surface area contributed by atoms with Gasteiger partial charge in [0.25, 0.3) is 0 Å². The van der Waals surface area contributed by atoms with E-state index in [0.29, 0.717) is 23.9 Å². The number of piperidine rings is 1. The number of nitrogen functional groups attached to an aromatic ring is 1. The van der Waals surface area contributed by atoms with Gasteiger partial charge in [-0.15, -0.1) is 0 Å². The van der Waals surface area contributed by atoms with Gasteiger partial charge in [-0.05, 0) is 56.2 Å². The second-order valence-electron chi connectivity index (χ2n) is 10.1. The second kappa shape index (κ2) is 8.24. The van der Waals surface area contributed by atoms with Gasteiger partial charge in [-0.25, -0.2) is 19.4 Å². The first-order valence-electron chi connectivity index (χ1n) is 11.3. The number of hydrogen-bond donors (Lipinski definition) is 1. The molecule has 3 aliphatic rings. The molecular formula is C21H31IN8O2. The van der Waals surface area contributed by atoms with Gasteiger partial charge in [0.2, 0.25) is 0 Å². The predicted octanol–water partition coefficient (Wildman–Crippen LogP) is 1.95. The summed E-state index contributed by atoms with van der Waals surface area (Å²) in [5, 5.41) is 5.59. The molecule has 32 heavy (non-hydrogen) atoms. The minimum Gasteiger partial charge on any atom is -0.444 e. The molecule has 0 radical (unpaired) electrons. The summed E-state index contributed by atoms with van der Waals surface area (Å²) in [5.74, 6) is 0.499. The Labute approximate surface area is 201 Å². The molecule has 0 aliphatic carbocycles. The Bertz CT molecular complexity index is 1000. The van der Waals surface area contributed by atoms with E-state index in [-0.39, 0.29) is 6.09 Å². The number of fused-ring (bicyclic) bond motifs is 1. The molecule has 3 fully saturated rings. The number of carbonyl (C=O) groups is 1. The first-order chi connectivity index (χ1) is 15.2. The van der Waals surface area contributed by atoms with Crippen molar-refractivity contribution in [3.05, 3.63) is 10.0 Å². The molecule has 3 aliphatic heterocycles. The van der Waals surface area contributed by atoms with E-state index in [0.717, 1.165) is 66.8 Å². The fraction of sp³-hybridized carbons (Fsp3) is 0.714. The lowest BCUT2D eigenvalue weighted by Gasteiger charge is -2.54. The van der Waals surface area contributed by atoms with Crippen LogP contribution in [0.1, 0.15) is 39.7 Å². The minimum atomic E-state index is -0.434. The van der Waals surface area contributed by atoms with Crippen molar-refractivity contribution in [3.63, 3.8) is 0 Å². The van der Waals surface area contributed by atoms with Crippen molar-refractivity contribution in [3.8, 4) is 0 Å². The van der Waals surface area contributed by atoms with Gasteiger partial charge in [0, 0.05) is 51.4 Å². The van der Waals surface area contributed by atoms with Crippen molar-refractivity contribution in [2.24, 2.45) is 0 Å². The summed E-state index contributed by atoms with van der Waals surface area (Å²) < 4.78 is 8.38. The molecule has 0 spiro atoms. The smallest absolute Gasteiger partial charge is 0.410 e. The Morgan fingerprint density at radius 3 is 2.38 bits per heavy atom. The Morgan fingerprint density at radius 1 is 1.06 bits per heavy atom. The average molecular weight is 554 g/mol. The summed E-state index contributed by atoms with van der Waals surface area (Å²) in [6.45, 7) is 11.6. The maximum atomic E-state index is 12.1. The molecule has 0 atom stereocenters. The molecule has 5 rings (SSSR count). The molecule has 0 aromatic carbocycles. The largest absolute Gasteiger partial charge is 0.444 e. The highest BCUT2D eigenvalue weighted by atomic mass is 127. The van der Waals surface area contributed by atoms with Gasteiger partial charge >= 0.3 is 6.09 Å². The Morgan fingerprint density at radius 2 is 1.72 bits per heavy atom. The van der Waals surface area contributed by atoms with E-state index in [1.54, 1.807) is 4.90 Å². The van der Waals surface area contributed by atoms with E-state index < -0.39 is 5.60 Å². The van der Waals surface area contributed by atoms with Gasteiger partial charge < -0.3 is 15.4 Å². The minimum absolute atomic E-state index is 0.194. The van der Waals surface area contributed by atoms with Gasteiger partial charge in [0.1, 0.15) is 21.4 Å². The van der Waals surface area contributed by atoms with E-state index in [4.69, 9.17) is 15.6 Å². The molecule has 11 heteroatoms. The van der Waals surface area contributed by atoms with Crippen molar-refractivity contribution >= 4 is 45.5 Å². The number of anilines is 1. The average Bonchev–Trinajstić information content (AvgIpc) is 2.99. The lowest BCUT2D eigenvalue weighted by atomic mass is 9.96. The molecule has 174 valence electrons. The van der Waals surface area contributed by atoms with Crippen LogP contribution in [-0.4, -0.2) is 97.5 Å². The number of halogens is 1. The molecule has 1 amide bonds. The number of likely N-dealkylation sites (tertiary alicyclic amines) is 3. The number of aromatic nitrogens is 4. The number of rotatable bonds is 3. The highest BCUT2D eigenvalue weighted by molar-refractivity contribution is 14.1. The fourth-order valence-electron chi connectivity index (χ4n) is 4.88. The summed E-state index contributed by atoms with van der Waals surface area (Å²) in [6, 6.07) is 1.43. The Hall–Kier alpha value is -1.73. The standard InChI is InChI=1S/C21H31IN8O2/c1-21(2,3)32-20(31)29-10-15(11-29)28-8-14(9-28)27-6-4-13(5-7-27)30-19-16(17(22)26-30)18(23)24-12-25-19/h12-15H,4-11H2,1-3H3,(H2,23,24,25). The zero-order valence-corrected chi connectivity index (χ0v) is 21.0. The summed E-state index contributed by atoms with van der Waals surface area (Å²) in [7, 11) is 0. The van der Waals surface area contributed by atoms with Crippen molar-refractivity contribution in [2.75, 3.05) is 45.0 Å². The summed E-state index contributed by atoms with van der Waals surface area (Å²) >= 11 is 2.22. The zero-order valence-electron chi connectivity index (χ0n) is 18.9. The Balaban J connectivity index is 1.09. The second-order valence-corrected chi connectivity index (χ2v) is 11.1. The molecule has 0 bridgehead atoms. The van der Waals surface area contributed by atoms with Crippen molar-refractivity contribution in [2.45, 2.75) is 57.3 Å². The van der Waals surface area contributed by atoms with Crippen LogP contribution in [0.4, 0.5) is 10.6 Å². The molecule has 2 aromatic rings. The normalized spacial score (nSPS) is 22.2. The van der Waals surface area contributed by atoms with Crippen molar-refractivity contribution in [1.29, 1.82) is 0 Å². The first kappa shape index (κ1) is 22.1. The van der Waals surface area contributed by atoms with E-state index in [2.05, 4.69) is 47.0 Å². The van der Waals surface area contributed by atoms with Crippen LogP contribution in [0.5, 0.6) is 0 Å². The van der Waals surface area contributed by atoms with Crippen LogP contribution >= 0.6 is 22.6 Å². The van der Waals surface area contributed by atoms with Gasteiger partial charge in [0.05, 0.1) is 11.4 Å². The highest BCUT2D eigenvalue weighted by Gasteiger charge is 2.43. The van der Waals surface area contributed by atoms with Gasteiger partial charge in [-0.2, -0.15) is 5.10 Å². The number of nitrogens with zero attached hydrogens (tertiary/aromatic N) is 7. The third kappa shape index (κ3) is 4.14. The fourth-order valence-corrected chi connectivity index (χ4v) is 5.63. The third-order valence-corrected chi connectivity index (χ3v) is 7.51. The molecule has 2 N–H and O–H groups in total. The summed E-state index contributed by atoms with van der Waals surface area (Å²) in [4.78, 5) is 27.6. The molecular weight excluding hydrogens is 523 g/mol. The number of ether oxygens (including phenoxy) is 1. The highest BCUT2D eigenvalue weighted by Crippen LogP contribution is 2.32. The van der Waals surface area contributed by atoms with Crippen molar-refractivity contribution < 1.29 is 9.53 Å². The Kier molecular flexibility index (Phi) is 5.69. The summed E-state index contributed by atoms with van der Waals surface area (Å²) in [6.07, 6.45) is 3.45. The van der Waals surface area contributed by atoms with Gasteiger partial charge in [-0.3, -0.25) is 9.80 Å². The van der Waals surface area contributed by atoms with Gasteiger partial charge in [0.15, 0.2) is 5.65 Å². The SMILES string of the molecule is CC(C)(C)OC(=O)N1CC(N2CC(N3CCC(n4nc(I)c5c(N)ncnc54)CC3)C2)C1. The third-order valence-electron chi connectivity index (χ3n) is 6.76.